The van der Waals surface area contributed by atoms with Crippen molar-refractivity contribution in [2.24, 2.45) is 0 Å². The van der Waals surface area contributed by atoms with Crippen LogP contribution in [0.3, 0.4) is 0 Å². The van der Waals surface area contributed by atoms with Gasteiger partial charge in [0.05, 0.1) is 5.60 Å². The lowest BCUT2D eigenvalue weighted by Crippen LogP contribution is -2.59. The summed E-state index contributed by atoms with van der Waals surface area (Å²) in [7, 11) is 4.00. The first kappa shape index (κ1) is 17.2. The third-order valence-corrected chi connectivity index (χ3v) is 5.20. The van der Waals surface area contributed by atoms with Crippen LogP contribution < -0.4 is 0 Å². The fraction of sp³-hybridized carbons (Fsp3) is 0.733. The molecule has 0 radical (unpaired) electrons. The Balaban J connectivity index is 1.58. The van der Waals surface area contributed by atoms with Crippen molar-refractivity contribution < 1.29 is 14.3 Å². The molecule has 0 bridgehead atoms. The van der Waals surface area contributed by atoms with Crippen molar-refractivity contribution in [2.45, 2.75) is 18.4 Å². The molecule has 3 rings (SSSR count). The number of rotatable bonds is 4. The van der Waals surface area contributed by atoms with Crippen molar-refractivity contribution in [2.75, 3.05) is 53.4 Å². The standard InChI is InChI=1S/C15H23N5O3S/c1-18(2)7-8-20-11-15(23-9-13(20)21)3-5-19(6-4-15)14(22)12-10-24-17-16-12/h10H,3-9,11H2,1-2H3. The van der Waals surface area contributed by atoms with Crippen molar-refractivity contribution in [3.63, 3.8) is 0 Å². The summed E-state index contributed by atoms with van der Waals surface area (Å²) in [5.74, 6) is -0.0236. The van der Waals surface area contributed by atoms with Crippen LogP contribution in [0, 0.1) is 0 Å². The number of hydrogen-bond donors (Lipinski definition) is 0. The van der Waals surface area contributed by atoms with Gasteiger partial charge in [0.25, 0.3) is 5.91 Å². The van der Waals surface area contributed by atoms with Gasteiger partial charge < -0.3 is 19.4 Å². The van der Waals surface area contributed by atoms with Crippen LogP contribution in [0.25, 0.3) is 0 Å². The molecule has 0 unspecified atom stereocenters. The minimum absolute atomic E-state index is 0.0505. The van der Waals surface area contributed by atoms with Gasteiger partial charge in [0, 0.05) is 38.1 Å². The summed E-state index contributed by atoms with van der Waals surface area (Å²) in [6, 6.07) is 0. The van der Waals surface area contributed by atoms with E-state index in [2.05, 4.69) is 14.5 Å². The van der Waals surface area contributed by atoms with Gasteiger partial charge in [-0.2, -0.15) is 0 Å². The Labute approximate surface area is 145 Å². The zero-order chi connectivity index (χ0) is 17.2. The number of nitrogens with zero attached hydrogens (tertiary/aromatic N) is 5. The van der Waals surface area contributed by atoms with E-state index in [4.69, 9.17) is 4.74 Å². The number of morpholine rings is 1. The van der Waals surface area contributed by atoms with Crippen LogP contribution in [-0.2, 0) is 9.53 Å². The van der Waals surface area contributed by atoms with Crippen LogP contribution in [0.2, 0.25) is 0 Å². The Hall–Kier alpha value is -1.58. The second kappa shape index (κ2) is 7.12. The number of aromatic nitrogens is 2. The number of likely N-dealkylation sites (tertiary alicyclic amines) is 1. The summed E-state index contributed by atoms with van der Waals surface area (Å²) >= 11 is 1.18. The number of carbonyl (C=O) groups excluding carboxylic acids is 2. The Morgan fingerprint density at radius 1 is 1.42 bits per heavy atom. The molecule has 0 N–H and O–H groups in total. The summed E-state index contributed by atoms with van der Waals surface area (Å²) in [4.78, 5) is 30.2. The van der Waals surface area contributed by atoms with Crippen LogP contribution in [0.4, 0.5) is 0 Å². The third-order valence-electron chi connectivity index (χ3n) is 4.69. The van der Waals surface area contributed by atoms with E-state index in [9.17, 15) is 9.59 Å². The van der Waals surface area contributed by atoms with E-state index in [1.165, 1.54) is 11.5 Å². The minimum atomic E-state index is -0.322. The molecule has 2 amide bonds. The molecule has 0 atom stereocenters. The first-order valence-electron chi connectivity index (χ1n) is 8.12. The average molecular weight is 353 g/mol. The Morgan fingerprint density at radius 3 is 2.79 bits per heavy atom. The third kappa shape index (κ3) is 3.73. The molecule has 0 aliphatic carbocycles. The summed E-state index contributed by atoms with van der Waals surface area (Å²) in [6.45, 7) is 3.53. The Bertz CT molecular complexity index is 584. The minimum Gasteiger partial charge on any atom is -0.363 e. The summed E-state index contributed by atoms with van der Waals surface area (Å²) in [6.07, 6.45) is 1.48. The molecule has 2 aliphatic heterocycles. The lowest BCUT2D eigenvalue weighted by molar-refractivity contribution is -0.170. The monoisotopic (exact) mass is 353 g/mol. The van der Waals surface area contributed by atoms with Gasteiger partial charge in [-0.3, -0.25) is 9.59 Å². The highest BCUT2D eigenvalue weighted by atomic mass is 32.1. The topological polar surface area (TPSA) is 78.9 Å². The van der Waals surface area contributed by atoms with Crippen LogP contribution >= 0.6 is 11.5 Å². The predicted molar refractivity (Wildman–Crippen MR) is 88.9 cm³/mol. The van der Waals surface area contributed by atoms with Gasteiger partial charge in [0.1, 0.15) is 6.61 Å². The van der Waals surface area contributed by atoms with E-state index in [0.29, 0.717) is 31.9 Å². The largest absolute Gasteiger partial charge is 0.363 e. The average Bonchev–Trinajstić information content (AvgIpc) is 3.10. The highest BCUT2D eigenvalue weighted by molar-refractivity contribution is 7.03. The second-order valence-electron chi connectivity index (χ2n) is 6.67. The number of ether oxygens (including phenoxy) is 1. The van der Waals surface area contributed by atoms with Gasteiger partial charge in [-0.15, -0.1) is 5.10 Å². The molecule has 1 aromatic heterocycles. The highest BCUT2D eigenvalue weighted by Gasteiger charge is 2.43. The van der Waals surface area contributed by atoms with E-state index in [0.717, 1.165) is 19.4 Å². The molecule has 0 aromatic carbocycles. The predicted octanol–water partition coefficient (Wildman–Crippen LogP) is -0.0667. The molecule has 9 heteroatoms. The molecule has 8 nitrogen and oxygen atoms in total. The second-order valence-corrected chi connectivity index (χ2v) is 7.28. The zero-order valence-corrected chi connectivity index (χ0v) is 14.9. The molecule has 2 fully saturated rings. The van der Waals surface area contributed by atoms with E-state index in [1.807, 2.05) is 19.0 Å². The fourth-order valence-electron chi connectivity index (χ4n) is 3.15. The molecule has 2 aliphatic rings. The highest BCUT2D eigenvalue weighted by Crippen LogP contribution is 2.31. The SMILES string of the molecule is CN(C)CCN1CC2(CCN(C(=O)c3csnn3)CC2)OCC1=O. The van der Waals surface area contributed by atoms with E-state index < -0.39 is 0 Å². The first-order chi connectivity index (χ1) is 11.5. The molecule has 0 saturated carbocycles. The quantitative estimate of drug-likeness (QED) is 0.754. The fourth-order valence-corrected chi connectivity index (χ4v) is 3.58. The van der Waals surface area contributed by atoms with Crippen LogP contribution in [0.5, 0.6) is 0 Å². The van der Waals surface area contributed by atoms with Gasteiger partial charge in [0.15, 0.2) is 5.69 Å². The van der Waals surface area contributed by atoms with Crippen molar-refractivity contribution in [3.8, 4) is 0 Å². The molecular formula is C15H23N5O3S. The summed E-state index contributed by atoms with van der Waals surface area (Å²) in [5.41, 5.74) is 0.0837. The van der Waals surface area contributed by atoms with E-state index in [1.54, 1.807) is 10.3 Å². The number of amides is 2. The number of likely N-dealkylation sites (N-methyl/N-ethyl adjacent to an activating group) is 1. The first-order valence-corrected chi connectivity index (χ1v) is 8.96. The molecule has 132 valence electrons. The normalized spacial score (nSPS) is 20.9. The van der Waals surface area contributed by atoms with Crippen molar-refractivity contribution in [1.29, 1.82) is 0 Å². The lowest BCUT2D eigenvalue weighted by Gasteiger charge is -2.47. The summed E-state index contributed by atoms with van der Waals surface area (Å²) in [5, 5.41) is 5.52. The Kier molecular flexibility index (Phi) is 5.12. The zero-order valence-electron chi connectivity index (χ0n) is 14.1. The van der Waals surface area contributed by atoms with Crippen molar-refractivity contribution >= 4 is 23.3 Å². The number of carbonyl (C=O) groups is 2. The lowest BCUT2D eigenvalue weighted by atomic mass is 9.89. The molecule has 1 spiro atoms. The number of hydrogen-bond acceptors (Lipinski definition) is 7. The van der Waals surface area contributed by atoms with E-state index >= 15 is 0 Å². The maximum atomic E-state index is 12.3. The van der Waals surface area contributed by atoms with Gasteiger partial charge in [-0.05, 0) is 38.5 Å². The number of piperidine rings is 1. The van der Waals surface area contributed by atoms with E-state index in [-0.39, 0.29) is 24.0 Å². The maximum Gasteiger partial charge on any atom is 0.275 e. The van der Waals surface area contributed by atoms with Crippen LogP contribution in [-0.4, -0.2) is 95.1 Å². The summed E-state index contributed by atoms with van der Waals surface area (Å²) < 4.78 is 9.65. The molecule has 2 saturated heterocycles. The van der Waals surface area contributed by atoms with Gasteiger partial charge in [0.2, 0.25) is 5.91 Å². The smallest absolute Gasteiger partial charge is 0.275 e. The molecular weight excluding hydrogens is 330 g/mol. The maximum absolute atomic E-state index is 12.3. The molecule has 1 aromatic rings. The van der Waals surface area contributed by atoms with Gasteiger partial charge >= 0.3 is 0 Å². The van der Waals surface area contributed by atoms with Crippen molar-refractivity contribution in [1.82, 2.24) is 24.3 Å². The van der Waals surface area contributed by atoms with Crippen LogP contribution in [0.1, 0.15) is 23.3 Å². The molecule has 3 heterocycles. The van der Waals surface area contributed by atoms with Gasteiger partial charge in [-0.25, -0.2) is 0 Å². The Morgan fingerprint density at radius 2 is 2.17 bits per heavy atom. The van der Waals surface area contributed by atoms with Crippen molar-refractivity contribution in [3.05, 3.63) is 11.1 Å². The van der Waals surface area contributed by atoms with Crippen LogP contribution in [0.15, 0.2) is 5.38 Å². The molecule has 24 heavy (non-hydrogen) atoms. The van der Waals surface area contributed by atoms with Gasteiger partial charge in [-0.1, -0.05) is 4.49 Å².